The van der Waals surface area contributed by atoms with E-state index in [1.54, 1.807) is 0 Å². The van der Waals surface area contributed by atoms with Crippen molar-refractivity contribution >= 4 is 137 Å². The van der Waals surface area contributed by atoms with Crippen molar-refractivity contribution < 1.29 is 116 Å². The molecule has 0 aromatic heterocycles. The van der Waals surface area contributed by atoms with E-state index in [4.69, 9.17) is 25.1 Å². The van der Waals surface area contributed by atoms with E-state index in [-0.39, 0.29) is 0 Å². The number of rotatable bonds is 24. The van der Waals surface area contributed by atoms with E-state index in [1.807, 2.05) is 0 Å². The lowest BCUT2D eigenvalue weighted by atomic mass is 10.2. The highest BCUT2D eigenvalue weighted by Crippen LogP contribution is 2.46. The molecule has 0 heterocycles. The predicted octanol–water partition coefficient (Wildman–Crippen LogP) is 1.62. The summed E-state index contributed by atoms with van der Waals surface area (Å²) in [5.74, 6) is -3.54. The average Bonchev–Trinajstić information content (AvgIpc) is 3.23. The molecule has 0 fully saturated rings. The van der Waals surface area contributed by atoms with E-state index in [2.05, 4.69) is 43.2 Å². The number of sulfone groups is 3. The van der Waals surface area contributed by atoms with Gasteiger partial charge in [0.1, 0.15) is 48.8 Å². The normalized spacial score (nSPS) is 13.9. The first kappa shape index (κ1) is 61.0. The van der Waals surface area contributed by atoms with Gasteiger partial charge in [0.15, 0.2) is 29.5 Å². The molecule has 0 aliphatic carbocycles. The van der Waals surface area contributed by atoms with E-state index >= 15 is 0 Å². The summed E-state index contributed by atoms with van der Waals surface area (Å²) in [6, 6.07) is 5.70. The summed E-state index contributed by atoms with van der Waals surface area (Å²) in [6.07, 6.45) is 0. The first-order chi connectivity index (χ1) is 33.5. The molecule has 0 unspecified atom stereocenters. The molecule has 74 heavy (non-hydrogen) atoms. The van der Waals surface area contributed by atoms with Crippen LogP contribution in [0.1, 0.15) is 0 Å². The Morgan fingerprint density at radius 3 is 0.838 bits per heavy atom. The van der Waals surface area contributed by atoms with Crippen LogP contribution >= 0.6 is 0 Å². The van der Waals surface area contributed by atoms with E-state index < -0.39 is 203 Å². The SMILES string of the molecule is Nc1c(N=Nc2ccc(S(=O)(=O)CCOS(=O)(=O)O)cc2S(=O)(=O)O)cc(/N=N/c2ccc(S(=O)(=O)CCOS(=O)(=O)O)cc2S(=O)(=O)O)c(N)c1/N=N/c1ccc(S(=O)(=O)CCOS(=O)(=O)O)cc1S(=O)(=O)O. The Kier molecular flexibility index (Phi) is 18.4. The highest BCUT2D eigenvalue weighted by Gasteiger charge is 2.27. The molecule has 4 aromatic carbocycles. The second kappa shape index (κ2) is 22.4. The molecular weight excluding hydrogens is 1190 g/mol. The van der Waals surface area contributed by atoms with E-state index in [9.17, 15) is 89.4 Å². The van der Waals surface area contributed by atoms with Crippen molar-refractivity contribution in [3.8, 4) is 0 Å². The second-order valence-corrected chi connectivity index (χ2v) is 27.5. The van der Waals surface area contributed by atoms with Crippen LogP contribution in [-0.4, -0.2) is 140 Å². The van der Waals surface area contributed by atoms with Gasteiger partial charge in [0, 0.05) is 0 Å². The maximum absolute atomic E-state index is 12.8. The number of nitrogens with two attached hydrogens (primary N) is 2. The van der Waals surface area contributed by atoms with Gasteiger partial charge in [-0.1, -0.05) is 0 Å². The van der Waals surface area contributed by atoms with Crippen molar-refractivity contribution in [2.45, 2.75) is 29.4 Å². The molecule has 0 bridgehead atoms. The van der Waals surface area contributed by atoms with Crippen molar-refractivity contribution in [2.75, 3.05) is 48.5 Å². The monoisotopic (exact) mass is 1220 g/mol. The lowest BCUT2D eigenvalue weighted by Gasteiger charge is -2.11. The van der Waals surface area contributed by atoms with Gasteiger partial charge in [-0.25, -0.2) is 37.8 Å². The van der Waals surface area contributed by atoms with Crippen molar-refractivity contribution in [3.63, 3.8) is 0 Å². The van der Waals surface area contributed by atoms with Gasteiger partial charge in [0.25, 0.3) is 30.4 Å². The molecule has 35 nitrogen and oxygen atoms in total. The Labute approximate surface area is 418 Å². The fourth-order valence-electron chi connectivity index (χ4n) is 5.30. The highest BCUT2D eigenvalue weighted by atomic mass is 32.3. The summed E-state index contributed by atoms with van der Waals surface area (Å²) in [5, 5.41) is 22.1. The quantitative estimate of drug-likeness (QED) is 0.0281. The van der Waals surface area contributed by atoms with E-state index in [0.717, 1.165) is 6.07 Å². The lowest BCUT2D eigenvalue weighted by molar-refractivity contribution is 0.282. The Morgan fingerprint density at radius 2 is 0.595 bits per heavy atom. The first-order valence-corrected chi connectivity index (χ1v) is 31.7. The minimum absolute atomic E-state index is 0.330. The van der Waals surface area contributed by atoms with Crippen LogP contribution in [0.4, 0.5) is 45.5 Å². The number of nitrogens with zero attached hydrogens (tertiary/aromatic N) is 6. The van der Waals surface area contributed by atoms with Crippen LogP contribution in [0.5, 0.6) is 0 Å². The Hall–Kier alpha value is -5.53. The summed E-state index contributed by atoms with van der Waals surface area (Å²) in [6.45, 7) is -3.49. The molecule has 0 aliphatic rings. The van der Waals surface area contributed by atoms with Crippen molar-refractivity contribution in [1.82, 2.24) is 0 Å². The van der Waals surface area contributed by atoms with Gasteiger partial charge in [-0.15, -0.1) is 30.7 Å². The maximum atomic E-state index is 12.8. The molecule has 0 radical (unpaired) electrons. The molecule has 10 N–H and O–H groups in total. The number of azo groups is 3. The third-order valence-corrected chi connectivity index (χ3v) is 17.7. The Bertz CT molecular complexity index is 3880. The van der Waals surface area contributed by atoms with Gasteiger partial charge >= 0.3 is 31.2 Å². The third kappa shape index (κ3) is 17.3. The van der Waals surface area contributed by atoms with Crippen LogP contribution in [0.2, 0.25) is 0 Å². The van der Waals surface area contributed by atoms with Crippen molar-refractivity contribution in [2.24, 2.45) is 30.7 Å². The minimum Gasteiger partial charge on any atom is -0.395 e. The zero-order valence-corrected chi connectivity index (χ0v) is 43.1. The van der Waals surface area contributed by atoms with Gasteiger partial charge in [0.2, 0.25) is 0 Å². The van der Waals surface area contributed by atoms with E-state index in [0.29, 0.717) is 54.6 Å². The molecule has 408 valence electrons. The van der Waals surface area contributed by atoms with Gasteiger partial charge < -0.3 is 11.5 Å². The first-order valence-electron chi connectivity index (χ1n) is 18.4. The summed E-state index contributed by atoms with van der Waals surface area (Å²) in [5.41, 5.74) is 5.91. The number of anilines is 2. The standard InChI is InChI=1S/C30H32N8O27S9/c31-28-23(36-33-20-4-1-17(13-25(20)69(45,46)47)66(39,40)10-7-63-72(54,55)56)16-24(37-34-21-5-2-18(14-26(21)70(48,49)50)67(41,42)11-8-64-73(57,58)59)29(32)30(28)38-35-22-6-3-19(15-27(22)71(51,52)53)68(43,44)12-9-65-74(60,61)62/h1-6,13-16H,7-12,31-32H2,(H,45,46,47)(H,48,49,50)(H,51,52,53)(H,54,55,56)(H,57,58,59)(H,60,61,62)/b36-33+,37-34?,38-35+. The molecule has 0 saturated carbocycles. The third-order valence-electron chi connectivity index (χ3n) is 8.58. The summed E-state index contributed by atoms with van der Waals surface area (Å²) in [7, 11) is -45.7. The Balaban J connectivity index is 1.96. The minimum atomic E-state index is -5.47. The number of benzene rings is 4. The van der Waals surface area contributed by atoms with Crippen LogP contribution in [-0.2, 0) is 104 Å². The molecule has 0 aliphatic heterocycles. The van der Waals surface area contributed by atoms with Crippen LogP contribution in [0, 0.1) is 0 Å². The van der Waals surface area contributed by atoms with Crippen LogP contribution in [0.15, 0.2) is 121 Å². The fraction of sp³-hybridized carbons (Fsp3) is 0.200. The largest absolute Gasteiger partial charge is 0.397 e. The molecule has 0 atom stereocenters. The zero-order chi connectivity index (χ0) is 56.3. The summed E-state index contributed by atoms with van der Waals surface area (Å²) < 4.78 is 285. The van der Waals surface area contributed by atoms with Gasteiger partial charge in [-0.3, -0.25) is 27.3 Å². The predicted molar refractivity (Wildman–Crippen MR) is 245 cm³/mol. The Morgan fingerprint density at radius 1 is 0.351 bits per heavy atom. The van der Waals surface area contributed by atoms with E-state index in [1.165, 1.54) is 0 Å². The molecule has 0 amide bonds. The smallest absolute Gasteiger partial charge is 0.395 e. The summed E-state index contributed by atoms with van der Waals surface area (Å²) >= 11 is 0. The lowest BCUT2D eigenvalue weighted by Crippen LogP contribution is -2.16. The number of hydrogen-bond acceptors (Lipinski definition) is 29. The molecule has 4 rings (SSSR count). The number of nitrogen functional groups attached to an aromatic ring is 2. The molecule has 44 heteroatoms. The molecule has 0 spiro atoms. The second-order valence-electron chi connectivity index (χ2n) is 13.7. The average molecular weight is 1230 g/mol. The zero-order valence-electron chi connectivity index (χ0n) is 35.8. The van der Waals surface area contributed by atoms with Crippen molar-refractivity contribution in [1.29, 1.82) is 0 Å². The molecule has 4 aromatic rings. The maximum Gasteiger partial charge on any atom is 0.397 e. The topological polar surface area (TPSA) is 583 Å². The van der Waals surface area contributed by atoms with Crippen LogP contribution in [0.3, 0.4) is 0 Å². The van der Waals surface area contributed by atoms with Crippen LogP contribution < -0.4 is 11.5 Å². The number of hydrogen-bond donors (Lipinski definition) is 8. The van der Waals surface area contributed by atoms with Crippen LogP contribution in [0.25, 0.3) is 0 Å². The fourth-order valence-corrected chi connectivity index (χ4v) is 12.0. The molecule has 0 saturated heterocycles. The highest BCUT2D eigenvalue weighted by molar-refractivity contribution is 7.92. The van der Waals surface area contributed by atoms with Gasteiger partial charge in [-0.2, -0.15) is 50.5 Å². The van der Waals surface area contributed by atoms with Gasteiger partial charge in [-0.05, 0) is 60.7 Å². The van der Waals surface area contributed by atoms with Gasteiger partial charge in [0.05, 0.1) is 63.1 Å². The molecular formula is C30H32N8O27S9. The summed E-state index contributed by atoms with van der Waals surface area (Å²) in [4.78, 5) is -6.53. The van der Waals surface area contributed by atoms with Crippen molar-refractivity contribution in [3.05, 3.63) is 60.7 Å².